The molecule has 0 aliphatic rings. The highest BCUT2D eigenvalue weighted by molar-refractivity contribution is 6.28. The van der Waals surface area contributed by atoms with Crippen molar-refractivity contribution in [1.29, 1.82) is 0 Å². The Morgan fingerprint density at radius 1 is 0.212 bits per heavy atom. The summed E-state index contributed by atoms with van der Waals surface area (Å²) < 4.78 is 0. The summed E-state index contributed by atoms with van der Waals surface area (Å²) in [6, 6.07) is 96.8. The Balaban J connectivity index is 0.970. The molecule has 12 rings (SSSR count). The summed E-state index contributed by atoms with van der Waals surface area (Å²) >= 11 is 0. The van der Waals surface area contributed by atoms with Gasteiger partial charge in [-0.3, -0.25) is 0 Å². The summed E-state index contributed by atoms with van der Waals surface area (Å²) in [6.45, 7) is 0. The first-order chi connectivity index (χ1) is 32.7. The van der Waals surface area contributed by atoms with Crippen LogP contribution in [0.2, 0.25) is 0 Å². The third-order valence-corrected chi connectivity index (χ3v) is 13.0. The maximum absolute atomic E-state index is 2.40. The highest BCUT2D eigenvalue weighted by Crippen LogP contribution is 2.47. The number of rotatable bonds is 10. The maximum Gasteiger partial charge on any atom is 0.0540 e. The van der Waals surface area contributed by atoms with Crippen molar-refractivity contribution in [3.05, 3.63) is 267 Å². The van der Waals surface area contributed by atoms with Crippen molar-refractivity contribution < 1.29 is 0 Å². The molecule has 310 valence electrons. The van der Waals surface area contributed by atoms with E-state index in [0.29, 0.717) is 0 Å². The van der Waals surface area contributed by atoms with Crippen molar-refractivity contribution in [3.8, 4) is 44.5 Å². The second-order valence-corrected chi connectivity index (χ2v) is 16.9. The van der Waals surface area contributed by atoms with E-state index in [2.05, 4.69) is 277 Å². The molecule has 0 aliphatic heterocycles. The van der Waals surface area contributed by atoms with E-state index >= 15 is 0 Å². The number of anilines is 6. The first kappa shape index (κ1) is 38.9. The second kappa shape index (κ2) is 16.8. The Hall–Kier alpha value is -8.72. The van der Waals surface area contributed by atoms with Crippen molar-refractivity contribution in [1.82, 2.24) is 0 Å². The molecule has 0 radical (unpaired) electrons. The number of nitrogens with zero attached hydrogens (tertiary/aromatic N) is 2. The summed E-state index contributed by atoms with van der Waals surface area (Å²) in [6.07, 6.45) is 0. The van der Waals surface area contributed by atoms with Crippen LogP contribution in [0.5, 0.6) is 0 Å². The van der Waals surface area contributed by atoms with Crippen molar-refractivity contribution in [2.24, 2.45) is 0 Å². The molecule has 66 heavy (non-hydrogen) atoms. The SMILES string of the molecule is c1ccc(-c2ccc(N(c3ccccc3)c3ccc4ccc5c(-c6ccc(N(c7ccccc7)c7ccc(-c8ccccc8)cc7-c7ccccc7)cc6)ccc6ccc3c4c65)cc2)cc1. The van der Waals surface area contributed by atoms with E-state index in [4.69, 9.17) is 0 Å². The van der Waals surface area contributed by atoms with Crippen LogP contribution >= 0.6 is 0 Å². The van der Waals surface area contributed by atoms with Crippen molar-refractivity contribution in [2.45, 2.75) is 0 Å². The summed E-state index contributed by atoms with van der Waals surface area (Å²) in [5.41, 5.74) is 16.2. The molecule has 12 aromatic carbocycles. The predicted molar refractivity (Wildman–Crippen MR) is 281 cm³/mol. The van der Waals surface area contributed by atoms with Crippen molar-refractivity contribution in [3.63, 3.8) is 0 Å². The number of benzene rings is 12. The Labute approximate surface area is 385 Å². The van der Waals surface area contributed by atoms with Crippen LogP contribution < -0.4 is 9.80 Å². The minimum atomic E-state index is 1.09. The van der Waals surface area contributed by atoms with Crippen LogP contribution in [0.25, 0.3) is 76.8 Å². The minimum absolute atomic E-state index is 1.09. The van der Waals surface area contributed by atoms with E-state index in [9.17, 15) is 0 Å². The first-order valence-corrected chi connectivity index (χ1v) is 22.7. The molecule has 0 bridgehead atoms. The molecule has 0 amide bonds. The van der Waals surface area contributed by atoms with Crippen molar-refractivity contribution in [2.75, 3.05) is 9.80 Å². The van der Waals surface area contributed by atoms with Crippen LogP contribution in [0.15, 0.2) is 267 Å². The van der Waals surface area contributed by atoms with Gasteiger partial charge in [-0.2, -0.15) is 0 Å². The molecule has 0 unspecified atom stereocenters. The third-order valence-electron chi connectivity index (χ3n) is 13.0. The zero-order chi connectivity index (χ0) is 43.8. The molecule has 2 heteroatoms. The second-order valence-electron chi connectivity index (χ2n) is 16.9. The van der Waals surface area contributed by atoms with Gasteiger partial charge in [-0.05, 0) is 133 Å². The molecule has 2 nitrogen and oxygen atoms in total. The highest BCUT2D eigenvalue weighted by atomic mass is 15.1. The standard InChI is InChI=1S/C64H44N2/c1-6-16-45(17-7-1)47-26-35-55(36-27-47)65(53-22-12-4-13-23-53)61-42-33-51-31-40-58-57(39-30-50-32-41-59(61)64(51)63(50)58)49-28-37-56(38-29-49)66(54-24-14-5-15-25-54)62-43-34-52(46-18-8-2-9-19-46)44-60(62)48-20-10-3-11-21-48/h1-44H. The van der Waals surface area contributed by atoms with Crippen LogP contribution in [0, 0.1) is 0 Å². The fourth-order valence-electron chi connectivity index (χ4n) is 9.85. The van der Waals surface area contributed by atoms with E-state index in [0.717, 1.165) is 34.1 Å². The normalized spacial score (nSPS) is 11.3. The fraction of sp³-hybridized carbons (Fsp3) is 0. The quantitative estimate of drug-likeness (QED) is 0.127. The molecule has 0 N–H and O–H groups in total. The van der Waals surface area contributed by atoms with Crippen LogP contribution in [-0.2, 0) is 0 Å². The van der Waals surface area contributed by atoms with Gasteiger partial charge in [0.15, 0.2) is 0 Å². The largest absolute Gasteiger partial charge is 0.310 e. The predicted octanol–water partition coefficient (Wildman–Crippen LogP) is 18.2. The minimum Gasteiger partial charge on any atom is -0.310 e. The molecular weight excluding hydrogens is 797 g/mol. The lowest BCUT2D eigenvalue weighted by molar-refractivity contribution is 1.28. The summed E-state index contributed by atoms with van der Waals surface area (Å²) in [4.78, 5) is 4.79. The molecule has 0 heterocycles. The average molecular weight is 841 g/mol. The summed E-state index contributed by atoms with van der Waals surface area (Å²) in [7, 11) is 0. The van der Waals surface area contributed by atoms with Gasteiger partial charge in [0.1, 0.15) is 0 Å². The topological polar surface area (TPSA) is 6.48 Å². The Morgan fingerprint density at radius 2 is 0.576 bits per heavy atom. The Bertz CT molecular complexity index is 3590. The average Bonchev–Trinajstić information content (AvgIpc) is 3.40. The Kier molecular flexibility index (Phi) is 9.89. The van der Waals surface area contributed by atoms with Gasteiger partial charge in [0, 0.05) is 33.7 Å². The zero-order valence-corrected chi connectivity index (χ0v) is 36.3. The zero-order valence-electron chi connectivity index (χ0n) is 36.3. The Morgan fingerprint density at radius 3 is 1.15 bits per heavy atom. The van der Waals surface area contributed by atoms with E-state index in [1.807, 2.05) is 0 Å². The third kappa shape index (κ3) is 7.02. The summed E-state index contributed by atoms with van der Waals surface area (Å²) in [5, 5.41) is 7.51. The first-order valence-electron chi connectivity index (χ1n) is 22.7. The van der Waals surface area contributed by atoms with Gasteiger partial charge < -0.3 is 9.80 Å². The van der Waals surface area contributed by atoms with Crippen LogP contribution in [0.3, 0.4) is 0 Å². The molecule has 0 saturated heterocycles. The number of hydrogen-bond donors (Lipinski definition) is 0. The lowest BCUT2D eigenvalue weighted by Crippen LogP contribution is -2.11. The molecular formula is C64H44N2. The lowest BCUT2D eigenvalue weighted by Gasteiger charge is -2.28. The van der Waals surface area contributed by atoms with Crippen LogP contribution in [-0.4, -0.2) is 0 Å². The van der Waals surface area contributed by atoms with Crippen LogP contribution in [0.4, 0.5) is 34.1 Å². The van der Waals surface area contributed by atoms with E-state index in [-0.39, 0.29) is 0 Å². The smallest absolute Gasteiger partial charge is 0.0540 e. The van der Waals surface area contributed by atoms with Gasteiger partial charge in [-0.25, -0.2) is 0 Å². The molecule has 0 spiro atoms. The van der Waals surface area contributed by atoms with Gasteiger partial charge in [0.25, 0.3) is 0 Å². The number of para-hydroxylation sites is 2. The molecule has 12 aromatic rings. The van der Waals surface area contributed by atoms with Crippen molar-refractivity contribution >= 4 is 66.4 Å². The molecule has 0 fully saturated rings. The van der Waals surface area contributed by atoms with Gasteiger partial charge in [0.2, 0.25) is 0 Å². The highest BCUT2D eigenvalue weighted by Gasteiger charge is 2.21. The van der Waals surface area contributed by atoms with Gasteiger partial charge in [-0.1, -0.05) is 200 Å². The van der Waals surface area contributed by atoms with E-state index in [1.165, 1.54) is 76.8 Å². The summed E-state index contributed by atoms with van der Waals surface area (Å²) in [5.74, 6) is 0. The fourth-order valence-corrected chi connectivity index (χ4v) is 9.85. The van der Waals surface area contributed by atoms with E-state index in [1.54, 1.807) is 0 Å². The van der Waals surface area contributed by atoms with Gasteiger partial charge in [0.05, 0.1) is 11.4 Å². The molecule has 0 aliphatic carbocycles. The van der Waals surface area contributed by atoms with Gasteiger partial charge in [-0.15, -0.1) is 0 Å². The maximum atomic E-state index is 2.40. The molecule has 0 atom stereocenters. The lowest BCUT2D eigenvalue weighted by atomic mass is 9.89. The monoisotopic (exact) mass is 840 g/mol. The number of hydrogen-bond acceptors (Lipinski definition) is 2. The molecule has 0 aromatic heterocycles. The molecule has 0 saturated carbocycles. The van der Waals surface area contributed by atoms with E-state index < -0.39 is 0 Å². The van der Waals surface area contributed by atoms with Gasteiger partial charge >= 0.3 is 0 Å². The van der Waals surface area contributed by atoms with Crippen LogP contribution in [0.1, 0.15) is 0 Å².